The number of carbonyl (C=O) groups is 2. The van der Waals surface area contributed by atoms with Crippen molar-refractivity contribution >= 4 is 23.3 Å². The summed E-state index contributed by atoms with van der Waals surface area (Å²) in [5, 5.41) is 11.2. The number of amides is 1. The zero-order valence-corrected chi connectivity index (χ0v) is 16.7. The number of hydrogen-bond acceptors (Lipinski definition) is 6. The number of nitrogens with zero attached hydrogens (tertiary/aromatic N) is 3. The molecule has 154 valence electrons. The molecule has 0 aliphatic carbocycles. The molecule has 7 nitrogen and oxygen atoms in total. The van der Waals surface area contributed by atoms with Crippen LogP contribution in [0.2, 0.25) is 0 Å². The second kappa shape index (κ2) is 7.36. The highest BCUT2D eigenvalue weighted by molar-refractivity contribution is 6.51. The first kappa shape index (κ1) is 19.0. The minimum absolute atomic E-state index is 0.00978. The molecule has 3 aromatic rings. The number of ketones is 1. The Morgan fingerprint density at radius 1 is 1.13 bits per heavy atom. The lowest BCUT2D eigenvalue weighted by Gasteiger charge is -2.24. The quantitative estimate of drug-likeness (QED) is 0.402. The lowest BCUT2D eigenvalue weighted by atomic mass is 9.95. The van der Waals surface area contributed by atoms with E-state index < -0.39 is 17.7 Å². The molecule has 0 radical (unpaired) electrons. The van der Waals surface area contributed by atoms with E-state index in [1.165, 1.54) is 4.90 Å². The van der Waals surface area contributed by atoms with Gasteiger partial charge < -0.3 is 9.84 Å². The second-order valence-electron chi connectivity index (χ2n) is 7.60. The third kappa shape index (κ3) is 3.15. The van der Waals surface area contributed by atoms with Crippen molar-refractivity contribution in [2.75, 3.05) is 4.90 Å². The first-order chi connectivity index (χ1) is 15.0. The van der Waals surface area contributed by atoms with Crippen LogP contribution in [0.15, 0.2) is 72.7 Å². The normalized spacial score (nSPS) is 21.8. The van der Waals surface area contributed by atoms with E-state index in [0.717, 1.165) is 11.3 Å². The van der Waals surface area contributed by atoms with Crippen molar-refractivity contribution in [1.29, 1.82) is 0 Å². The average molecular weight is 413 g/mol. The highest BCUT2D eigenvalue weighted by atomic mass is 16.5. The lowest BCUT2D eigenvalue weighted by Crippen LogP contribution is -2.30. The summed E-state index contributed by atoms with van der Waals surface area (Å²) in [7, 11) is 0. The number of benzene rings is 1. The molecule has 0 spiro atoms. The SMILES string of the molecule is CC1Cc2cc(C(O)=C3C(=O)C(=O)N(c4ccccn4)C3c3cccnc3)ccc2O1. The zero-order valence-electron chi connectivity index (χ0n) is 16.7. The summed E-state index contributed by atoms with van der Waals surface area (Å²) in [5.74, 6) is -0.641. The number of hydrogen-bond donors (Lipinski definition) is 1. The first-order valence-electron chi connectivity index (χ1n) is 9.96. The van der Waals surface area contributed by atoms with Gasteiger partial charge in [-0.05, 0) is 54.4 Å². The standard InChI is InChI=1S/C24H19N3O4/c1-14-11-17-12-15(7-8-18(17)31-14)22(28)20-21(16-5-4-9-25-13-16)27(24(30)23(20)29)19-6-2-3-10-26-19/h2-10,12-14,21,28H,11H2,1H3. The Bertz CT molecular complexity index is 1210. The number of Topliss-reactive ketones (excluding diaryl/α,β-unsaturated/α-hetero) is 1. The van der Waals surface area contributed by atoms with Crippen molar-refractivity contribution in [1.82, 2.24) is 9.97 Å². The molecule has 2 aliphatic rings. The predicted octanol–water partition coefficient (Wildman–Crippen LogP) is 3.43. The molecule has 2 aromatic heterocycles. The van der Waals surface area contributed by atoms with E-state index in [4.69, 9.17) is 4.74 Å². The molecule has 1 amide bonds. The van der Waals surface area contributed by atoms with Crippen molar-refractivity contribution in [2.24, 2.45) is 0 Å². The Morgan fingerprint density at radius 2 is 2.00 bits per heavy atom. The van der Waals surface area contributed by atoms with Crippen molar-refractivity contribution in [2.45, 2.75) is 25.5 Å². The summed E-state index contributed by atoms with van der Waals surface area (Å²) in [6, 6.07) is 13.1. The molecular formula is C24H19N3O4. The Hall–Kier alpha value is -4.00. The molecule has 1 fully saturated rings. The minimum Gasteiger partial charge on any atom is -0.507 e. The zero-order chi connectivity index (χ0) is 21.5. The van der Waals surface area contributed by atoms with Crippen molar-refractivity contribution in [3.63, 3.8) is 0 Å². The van der Waals surface area contributed by atoms with Crippen LogP contribution in [0.4, 0.5) is 5.82 Å². The Kier molecular flexibility index (Phi) is 4.51. The third-order valence-corrected chi connectivity index (χ3v) is 5.51. The molecule has 2 unspecified atom stereocenters. The molecule has 1 aromatic carbocycles. The lowest BCUT2D eigenvalue weighted by molar-refractivity contribution is -0.132. The molecule has 31 heavy (non-hydrogen) atoms. The number of aromatic nitrogens is 2. The first-order valence-corrected chi connectivity index (χ1v) is 9.96. The van der Waals surface area contributed by atoms with Gasteiger partial charge in [0, 0.05) is 30.6 Å². The summed E-state index contributed by atoms with van der Waals surface area (Å²) in [4.78, 5) is 35.8. The summed E-state index contributed by atoms with van der Waals surface area (Å²) in [6.45, 7) is 1.97. The van der Waals surface area contributed by atoms with E-state index >= 15 is 0 Å². The molecule has 0 saturated carbocycles. The molecule has 0 bridgehead atoms. The van der Waals surface area contributed by atoms with E-state index in [0.29, 0.717) is 23.4 Å². The molecule has 5 rings (SSSR count). The second-order valence-corrected chi connectivity index (χ2v) is 7.60. The summed E-state index contributed by atoms with van der Waals surface area (Å²) < 4.78 is 5.73. The van der Waals surface area contributed by atoms with Crippen LogP contribution in [0, 0.1) is 0 Å². The number of aliphatic hydroxyl groups is 1. The fraction of sp³-hybridized carbons (Fsp3) is 0.167. The van der Waals surface area contributed by atoms with Crippen molar-refractivity contribution in [3.8, 4) is 5.75 Å². The monoisotopic (exact) mass is 413 g/mol. The Balaban J connectivity index is 1.68. The van der Waals surface area contributed by atoms with Crippen LogP contribution < -0.4 is 9.64 Å². The van der Waals surface area contributed by atoms with Crippen LogP contribution in [0.3, 0.4) is 0 Å². The fourth-order valence-electron chi connectivity index (χ4n) is 4.14. The number of anilines is 1. The van der Waals surface area contributed by atoms with E-state index in [9.17, 15) is 14.7 Å². The van der Waals surface area contributed by atoms with E-state index in [-0.39, 0.29) is 17.4 Å². The smallest absolute Gasteiger partial charge is 0.301 e. The molecule has 7 heteroatoms. The van der Waals surface area contributed by atoms with Gasteiger partial charge in [-0.2, -0.15) is 0 Å². The van der Waals surface area contributed by atoms with E-state index in [2.05, 4.69) is 9.97 Å². The maximum absolute atomic E-state index is 13.1. The van der Waals surface area contributed by atoms with E-state index in [1.807, 2.05) is 13.0 Å². The summed E-state index contributed by atoms with van der Waals surface area (Å²) >= 11 is 0. The van der Waals surface area contributed by atoms with Crippen molar-refractivity contribution in [3.05, 3.63) is 89.4 Å². The number of ether oxygens (including phenoxy) is 1. The maximum Gasteiger partial charge on any atom is 0.301 e. The van der Waals surface area contributed by atoms with E-state index in [1.54, 1.807) is 61.1 Å². The van der Waals surface area contributed by atoms with Gasteiger partial charge in [0.05, 0.1) is 11.6 Å². The van der Waals surface area contributed by atoms with Gasteiger partial charge in [0.1, 0.15) is 23.4 Å². The number of aliphatic hydroxyl groups excluding tert-OH is 1. The molecule has 4 heterocycles. The van der Waals surface area contributed by atoms with Crippen LogP contribution in [-0.2, 0) is 16.0 Å². The molecule has 2 aliphatic heterocycles. The van der Waals surface area contributed by atoms with Crippen LogP contribution in [0.5, 0.6) is 5.75 Å². The average Bonchev–Trinajstić information content (AvgIpc) is 3.30. The summed E-state index contributed by atoms with van der Waals surface area (Å²) in [6.07, 6.45) is 5.51. The minimum atomic E-state index is -0.841. The topological polar surface area (TPSA) is 92.6 Å². The van der Waals surface area contributed by atoms with Gasteiger partial charge in [0.2, 0.25) is 0 Å². The van der Waals surface area contributed by atoms with Gasteiger partial charge in [-0.1, -0.05) is 12.1 Å². The van der Waals surface area contributed by atoms with Gasteiger partial charge in [-0.25, -0.2) is 4.98 Å². The number of carbonyl (C=O) groups excluding carboxylic acids is 2. The highest BCUT2D eigenvalue weighted by Crippen LogP contribution is 2.42. The van der Waals surface area contributed by atoms with Crippen LogP contribution in [0.25, 0.3) is 5.76 Å². The molecular weight excluding hydrogens is 394 g/mol. The van der Waals surface area contributed by atoms with Gasteiger partial charge in [-0.15, -0.1) is 0 Å². The van der Waals surface area contributed by atoms with Crippen molar-refractivity contribution < 1.29 is 19.4 Å². The Labute approximate surface area is 178 Å². The maximum atomic E-state index is 13.1. The van der Waals surface area contributed by atoms with Crippen LogP contribution >= 0.6 is 0 Å². The number of rotatable bonds is 3. The van der Waals surface area contributed by atoms with Gasteiger partial charge >= 0.3 is 5.91 Å². The summed E-state index contributed by atoms with van der Waals surface area (Å²) in [5.41, 5.74) is 2.03. The Morgan fingerprint density at radius 3 is 2.74 bits per heavy atom. The highest BCUT2D eigenvalue weighted by Gasteiger charge is 2.47. The largest absolute Gasteiger partial charge is 0.507 e. The van der Waals surface area contributed by atoms with Gasteiger partial charge in [0.15, 0.2) is 0 Å². The van der Waals surface area contributed by atoms with Gasteiger partial charge in [-0.3, -0.25) is 19.5 Å². The molecule has 1 saturated heterocycles. The van der Waals surface area contributed by atoms with Crippen LogP contribution in [-0.4, -0.2) is 32.9 Å². The number of pyridine rings is 2. The fourth-order valence-corrected chi connectivity index (χ4v) is 4.14. The number of fused-ring (bicyclic) bond motifs is 1. The molecule has 1 N–H and O–H groups in total. The molecule has 2 atom stereocenters. The third-order valence-electron chi connectivity index (χ3n) is 5.51. The van der Waals surface area contributed by atoms with Crippen LogP contribution in [0.1, 0.15) is 29.7 Å². The predicted molar refractivity (Wildman–Crippen MR) is 113 cm³/mol. The van der Waals surface area contributed by atoms with Gasteiger partial charge in [0.25, 0.3) is 5.78 Å².